The lowest BCUT2D eigenvalue weighted by Crippen LogP contribution is -2.36. The number of fused-ring (bicyclic) bond motifs is 1. The van der Waals surface area contributed by atoms with Crippen molar-refractivity contribution in [2.24, 2.45) is 5.92 Å². The molecular weight excluding hydrogens is 348 g/mol. The summed E-state index contributed by atoms with van der Waals surface area (Å²) in [5, 5.41) is 2.31. The maximum atomic E-state index is 12.4. The zero-order chi connectivity index (χ0) is 18.5. The molecule has 2 aromatic rings. The summed E-state index contributed by atoms with van der Waals surface area (Å²) >= 11 is 1.39. The van der Waals surface area contributed by atoms with Gasteiger partial charge in [-0.05, 0) is 22.4 Å². The van der Waals surface area contributed by atoms with Gasteiger partial charge in [0.25, 0.3) is 0 Å². The third kappa shape index (κ3) is 4.31. The van der Waals surface area contributed by atoms with Gasteiger partial charge in [0.2, 0.25) is 5.91 Å². The van der Waals surface area contributed by atoms with Crippen LogP contribution < -0.4 is 4.72 Å². The molecule has 1 heterocycles. The molecule has 2 aromatic carbocycles. The van der Waals surface area contributed by atoms with E-state index in [9.17, 15) is 14.4 Å². The average molecular weight is 370 g/mol. The Morgan fingerprint density at radius 3 is 2.73 bits per heavy atom. The van der Waals surface area contributed by atoms with Crippen molar-refractivity contribution in [3.8, 4) is 0 Å². The van der Waals surface area contributed by atoms with Gasteiger partial charge in [-0.15, -0.1) is 0 Å². The lowest BCUT2D eigenvalue weighted by Gasteiger charge is -2.18. The summed E-state index contributed by atoms with van der Waals surface area (Å²) in [7, 11) is 1.75. The van der Waals surface area contributed by atoms with Crippen molar-refractivity contribution >= 4 is 40.7 Å². The highest BCUT2D eigenvalue weighted by Gasteiger charge is 2.32. The van der Waals surface area contributed by atoms with Crippen LogP contribution in [0.1, 0.15) is 18.4 Å². The second-order valence-electron chi connectivity index (χ2n) is 6.60. The van der Waals surface area contributed by atoms with Crippen LogP contribution in [0, 0.1) is 5.92 Å². The largest absolute Gasteiger partial charge is 0.341 e. The van der Waals surface area contributed by atoms with Crippen LogP contribution in [0.5, 0.6) is 0 Å². The van der Waals surface area contributed by atoms with Gasteiger partial charge in [-0.2, -0.15) is 0 Å². The monoisotopic (exact) mass is 370 g/mol. The smallest absolute Gasteiger partial charge is 0.223 e. The molecule has 0 radical (unpaired) electrons. The van der Waals surface area contributed by atoms with Crippen LogP contribution >= 0.6 is 11.9 Å². The Bertz CT molecular complexity index is 824. The van der Waals surface area contributed by atoms with Crippen molar-refractivity contribution in [3.63, 3.8) is 0 Å². The highest BCUT2D eigenvalue weighted by molar-refractivity contribution is 7.97. The number of amides is 1. The van der Waals surface area contributed by atoms with Crippen LogP contribution in [0.15, 0.2) is 42.5 Å². The number of carbonyl (C=O) groups is 3. The van der Waals surface area contributed by atoms with E-state index < -0.39 is 6.04 Å². The van der Waals surface area contributed by atoms with Crippen molar-refractivity contribution in [3.05, 3.63) is 48.0 Å². The molecule has 136 valence electrons. The first-order valence-corrected chi connectivity index (χ1v) is 9.64. The quantitative estimate of drug-likeness (QED) is 0.599. The van der Waals surface area contributed by atoms with E-state index in [1.54, 1.807) is 11.9 Å². The summed E-state index contributed by atoms with van der Waals surface area (Å²) in [6.45, 7) is 0.506. The fourth-order valence-corrected chi connectivity index (χ4v) is 4.16. The fraction of sp³-hybridized carbons (Fsp3) is 0.350. The molecule has 1 amide bonds. The summed E-state index contributed by atoms with van der Waals surface area (Å²) in [5.41, 5.74) is 1.06. The minimum absolute atomic E-state index is 0.0696. The average Bonchev–Trinajstić information content (AvgIpc) is 3.14. The number of aldehydes is 1. The zero-order valence-electron chi connectivity index (χ0n) is 14.7. The van der Waals surface area contributed by atoms with E-state index in [-0.39, 0.29) is 30.4 Å². The van der Waals surface area contributed by atoms with E-state index in [2.05, 4.69) is 29.0 Å². The molecule has 0 aromatic heterocycles. The molecule has 1 fully saturated rings. The molecule has 1 aliphatic rings. The number of nitrogens with one attached hydrogen (secondary N) is 1. The van der Waals surface area contributed by atoms with Gasteiger partial charge < -0.3 is 9.69 Å². The maximum Gasteiger partial charge on any atom is 0.223 e. The highest BCUT2D eigenvalue weighted by atomic mass is 32.2. The van der Waals surface area contributed by atoms with Gasteiger partial charge >= 0.3 is 0 Å². The van der Waals surface area contributed by atoms with Crippen molar-refractivity contribution in [1.82, 2.24) is 9.62 Å². The van der Waals surface area contributed by atoms with Gasteiger partial charge in [0.1, 0.15) is 6.29 Å². The maximum absolute atomic E-state index is 12.4. The number of ketones is 1. The lowest BCUT2D eigenvalue weighted by atomic mass is 9.97. The second kappa shape index (κ2) is 8.47. The van der Waals surface area contributed by atoms with Gasteiger partial charge in [0.15, 0.2) is 5.78 Å². The Hall–Kier alpha value is -2.18. The third-order valence-electron chi connectivity index (χ3n) is 4.68. The standard InChI is InChI=1S/C20H22N2O3S/c1-22(11-14-6-7-15-4-2-3-5-16(15)10-14)19(25)9-8-18(24)20-17(12-23)13-26-21-20/h2-7,10,12,17,20-21H,8-9,11,13H2,1H3/t17-,20?/m1/s1. The van der Waals surface area contributed by atoms with Crippen molar-refractivity contribution in [2.75, 3.05) is 12.8 Å². The normalized spacial score (nSPS) is 19.4. The number of rotatable bonds is 7. The Kier molecular flexibility index (Phi) is 6.06. The molecule has 0 bridgehead atoms. The predicted molar refractivity (Wildman–Crippen MR) is 104 cm³/mol. The fourth-order valence-electron chi connectivity index (χ4n) is 3.12. The minimum atomic E-state index is -0.462. The summed E-state index contributed by atoms with van der Waals surface area (Å²) in [4.78, 5) is 37.2. The van der Waals surface area contributed by atoms with Crippen LogP contribution in [0.3, 0.4) is 0 Å². The molecular formula is C20H22N2O3S. The molecule has 1 N–H and O–H groups in total. The van der Waals surface area contributed by atoms with E-state index >= 15 is 0 Å². The Morgan fingerprint density at radius 2 is 1.96 bits per heavy atom. The molecule has 2 atom stereocenters. The topological polar surface area (TPSA) is 66.5 Å². The van der Waals surface area contributed by atoms with Crippen molar-refractivity contribution < 1.29 is 14.4 Å². The first-order valence-electron chi connectivity index (χ1n) is 8.65. The molecule has 1 saturated heterocycles. The van der Waals surface area contributed by atoms with E-state index in [0.717, 1.165) is 17.2 Å². The molecule has 0 saturated carbocycles. The summed E-state index contributed by atoms with van der Waals surface area (Å²) in [5.74, 6) is 0.174. The van der Waals surface area contributed by atoms with Crippen LogP contribution in [-0.4, -0.2) is 41.7 Å². The number of carbonyl (C=O) groups excluding carboxylic acids is 3. The zero-order valence-corrected chi connectivity index (χ0v) is 15.5. The highest BCUT2D eigenvalue weighted by Crippen LogP contribution is 2.21. The van der Waals surface area contributed by atoms with Gasteiger partial charge in [0, 0.05) is 38.1 Å². The molecule has 1 aliphatic heterocycles. The first kappa shape index (κ1) is 18.6. The number of Topliss-reactive ketones (excluding diaryl/α,β-unsaturated/α-hetero) is 1. The van der Waals surface area contributed by atoms with Gasteiger partial charge in [-0.3, -0.25) is 14.3 Å². The van der Waals surface area contributed by atoms with E-state index in [0.29, 0.717) is 12.3 Å². The van der Waals surface area contributed by atoms with Crippen LogP contribution in [0.25, 0.3) is 10.8 Å². The number of benzene rings is 2. The third-order valence-corrected chi connectivity index (χ3v) is 5.65. The molecule has 0 spiro atoms. The van der Waals surface area contributed by atoms with Crippen LogP contribution in [0.4, 0.5) is 0 Å². The van der Waals surface area contributed by atoms with E-state index in [1.807, 2.05) is 18.2 Å². The van der Waals surface area contributed by atoms with Gasteiger partial charge in [0.05, 0.1) is 6.04 Å². The molecule has 0 aliphatic carbocycles. The predicted octanol–water partition coefficient (Wildman–Crippen LogP) is 2.58. The van der Waals surface area contributed by atoms with Crippen LogP contribution in [0.2, 0.25) is 0 Å². The summed E-state index contributed by atoms with van der Waals surface area (Å²) in [6.07, 6.45) is 1.14. The second-order valence-corrected chi connectivity index (χ2v) is 7.46. The van der Waals surface area contributed by atoms with E-state index in [4.69, 9.17) is 0 Å². The van der Waals surface area contributed by atoms with Gasteiger partial charge in [-0.1, -0.05) is 48.3 Å². The molecule has 26 heavy (non-hydrogen) atoms. The number of nitrogens with zero attached hydrogens (tertiary/aromatic N) is 1. The molecule has 5 nitrogen and oxygen atoms in total. The first-order chi connectivity index (χ1) is 12.6. The molecule has 6 heteroatoms. The Labute approximate surface area is 157 Å². The number of hydrogen-bond donors (Lipinski definition) is 1. The molecule has 1 unspecified atom stereocenters. The summed E-state index contributed by atoms with van der Waals surface area (Å²) < 4.78 is 2.98. The van der Waals surface area contributed by atoms with Crippen LogP contribution in [-0.2, 0) is 20.9 Å². The Balaban J connectivity index is 1.53. The van der Waals surface area contributed by atoms with Crippen molar-refractivity contribution in [2.45, 2.75) is 25.4 Å². The summed E-state index contributed by atoms with van der Waals surface area (Å²) in [6, 6.07) is 13.8. The Morgan fingerprint density at radius 1 is 1.19 bits per heavy atom. The van der Waals surface area contributed by atoms with E-state index in [1.165, 1.54) is 17.3 Å². The van der Waals surface area contributed by atoms with Gasteiger partial charge in [-0.25, -0.2) is 0 Å². The minimum Gasteiger partial charge on any atom is -0.341 e. The molecule has 3 rings (SSSR count). The number of hydrogen-bond acceptors (Lipinski definition) is 5. The lowest BCUT2D eigenvalue weighted by molar-refractivity contribution is -0.133. The van der Waals surface area contributed by atoms with Crippen molar-refractivity contribution in [1.29, 1.82) is 0 Å². The SMILES string of the molecule is CN(Cc1ccc2ccccc2c1)C(=O)CCC(=O)C1NSC[C@H]1C=O.